The number of amides is 2. The van der Waals surface area contributed by atoms with Crippen LogP contribution in [0.3, 0.4) is 0 Å². The Hall–Kier alpha value is -2.77. The van der Waals surface area contributed by atoms with Gasteiger partial charge < -0.3 is 0 Å². The van der Waals surface area contributed by atoms with Crippen molar-refractivity contribution in [2.75, 3.05) is 0 Å². The van der Waals surface area contributed by atoms with Gasteiger partial charge in [0.05, 0.1) is 12.1 Å². The topological polar surface area (TPSA) is 102 Å². The van der Waals surface area contributed by atoms with E-state index in [1.807, 2.05) is 33.8 Å². The first-order chi connectivity index (χ1) is 11.8. The summed E-state index contributed by atoms with van der Waals surface area (Å²) < 4.78 is 1.65. The van der Waals surface area contributed by atoms with Gasteiger partial charge in [-0.05, 0) is 46.6 Å². The molecular formula is C17H22N6O2. The molecule has 2 aromatic heterocycles. The molecule has 3 rings (SSSR count). The minimum Gasteiger partial charge on any atom is -0.273 e. The van der Waals surface area contributed by atoms with Crippen LogP contribution in [0.1, 0.15) is 41.2 Å². The smallest absolute Gasteiger partial charge is 0.251 e. The molecule has 0 aliphatic heterocycles. The molecule has 2 amide bonds. The SMILES string of the molecule is Cc1cc(C)nc(-n2nc(C)c(CC(=O)NNC(=O)C3CC3)c2C)n1. The standard InChI is InChI=1S/C17H22N6O2/c1-9-7-10(2)19-17(18-9)23-12(4)14(11(3)22-23)8-15(24)20-21-16(25)13-5-6-13/h7,13H,5-6,8H2,1-4H3,(H,20,24)(H,21,25). The summed E-state index contributed by atoms with van der Waals surface area (Å²) in [6, 6.07) is 1.89. The van der Waals surface area contributed by atoms with E-state index in [0.29, 0.717) is 5.95 Å². The first-order valence-electron chi connectivity index (χ1n) is 8.31. The third-order valence-corrected chi connectivity index (χ3v) is 4.21. The number of carbonyl (C=O) groups is 2. The van der Waals surface area contributed by atoms with Crippen molar-refractivity contribution in [3.63, 3.8) is 0 Å². The molecule has 8 heteroatoms. The minimum absolute atomic E-state index is 0.0493. The van der Waals surface area contributed by atoms with Crippen molar-refractivity contribution in [3.05, 3.63) is 34.4 Å². The Morgan fingerprint density at radius 1 is 1.12 bits per heavy atom. The quantitative estimate of drug-likeness (QED) is 0.807. The zero-order valence-corrected chi connectivity index (χ0v) is 14.9. The minimum atomic E-state index is -0.277. The van der Waals surface area contributed by atoms with Crippen molar-refractivity contribution in [2.45, 2.75) is 47.0 Å². The molecule has 0 unspecified atom stereocenters. The molecule has 2 N–H and O–H groups in total. The molecule has 132 valence electrons. The Labute approximate surface area is 146 Å². The van der Waals surface area contributed by atoms with Gasteiger partial charge in [0.25, 0.3) is 5.95 Å². The Kier molecular flexibility index (Phi) is 4.52. The molecule has 25 heavy (non-hydrogen) atoms. The maximum absolute atomic E-state index is 12.1. The third kappa shape index (κ3) is 3.84. The van der Waals surface area contributed by atoms with E-state index in [9.17, 15) is 9.59 Å². The molecule has 2 aromatic rings. The van der Waals surface area contributed by atoms with Gasteiger partial charge in [-0.25, -0.2) is 14.6 Å². The van der Waals surface area contributed by atoms with E-state index in [2.05, 4.69) is 25.9 Å². The highest BCUT2D eigenvalue weighted by Gasteiger charge is 2.29. The number of hydrogen-bond donors (Lipinski definition) is 2. The van der Waals surface area contributed by atoms with Crippen LogP contribution in [0.2, 0.25) is 0 Å². The highest BCUT2D eigenvalue weighted by atomic mass is 16.2. The molecule has 1 fully saturated rings. The van der Waals surface area contributed by atoms with Crippen molar-refractivity contribution in [3.8, 4) is 5.95 Å². The molecule has 2 heterocycles. The van der Waals surface area contributed by atoms with Crippen LogP contribution in [0.4, 0.5) is 0 Å². The van der Waals surface area contributed by atoms with Gasteiger partial charge in [-0.3, -0.25) is 20.4 Å². The number of hydrogen-bond acceptors (Lipinski definition) is 5. The third-order valence-electron chi connectivity index (χ3n) is 4.21. The van der Waals surface area contributed by atoms with Crippen LogP contribution in [0.15, 0.2) is 6.07 Å². The van der Waals surface area contributed by atoms with Crippen LogP contribution >= 0.6 is 0 Å². The van der Waals surface area contributed by atoms with E-state index >= 15 is 0 Å². The van der Waals surface area contributed by atoms with Gasteiger partial charge in [-0.15, -0.1) is 0 Å². The molecule has 1 aliphatic carbocycles. The predicted molar refractivity (Wildman–Crippen MR) is 90.8 cm³/mol. The van der Waals surface area contributed by atoms with Crippen molar-refractivity contribution in [1.29, 1.82) is 0 Å². The summed E-state index contributed by atoms with van der Waals surface area (Å²) in [5.74, 6) is 0.141. The fourth-order valence-electron chi connectivity index (χ4n) is 2.71. The Balaban J connectivity index is 1.75. The molecule has 8 nitrogen and oxygen atoms in total. The maximum Gasteiger partial charge on any atom is 0.251 e. The molecular weight excluding hydrogens is 320 g/mol. The lowest BCUT2D eigenvalue weighted by molar-refractivity contribution is -0.129. The van der Waals surface area contributed by atoms with E-state index < -0.39 is 0 Å². The lowest BCUT2D eigenvalue weighted by Crippen LogP contribution is -2.43. The van der Waals surface area contributed by atoms with Gasteiger partial charge >= 0.3 is 0 Å². The Morgan fingerprint density at radius 2 is 1.76 bits per heavy atom. The zero-order valence-electron chi connectivity index (χ0n) is 14.9. The number of nitrogens with zero attached hydrogens (tertiary/aromatic N) is 4. The van der Waals surface area contributed by atoms with Crippen LogP contribution in [-0.4, -0.2) is 31.6 Å². The van der Waals surface area contributed by atoms with Crippen molar-refractivity contribution in [1.82, 2.24) is 30.6 Å². The summed E-state index contributed by atoms with van der Waals surface area (Å²) >= 11 is 0. The first-order valence-corrected chi connectivity index (χ1v) is 8.31. The summed E-state index contributed by atoms with van der Waals surface area (Å²) in [7, 11) is 0. The normalized spacial score (nSPS) is 13.6. The lowest BCUT2D eigenvalue weighted by atomic mass is 10.1. The van der Waals surface area contributed by atoms with E-state index in [4.69, 9.17) is 0 Å². The fourth-order valence-corrected chi connectivity index (χ4v) is 2.71. The molecule has 0 bridgehead atoms. The summed E-state index contributed by atoms with van der Waals surface area (Å²) in [4.78, 5) is 32.5. The van der Waals surface area contributed by atoms with Gasteiger partial charge in [0.15, 0.2) is 0 Å². The molecule has 0 spiro atoms. The molecule has 0 saturated heterocycles. The molecule has 0 aromatic carbocycles. The summed E-state index contributed by atoms with van der Waals surface area (Å²) in [5.41, 5.74) is 9.01. The van der Waals surface area contributed by atoms with Gasteiger partial charge in [0.1, 0.15) is 0 Å². The fraction of sp³-hybridized carbons (Fsp3) is 0.471. The second kappa shape index (κ2) is 6.62. The molecule has 0 radical (unpaired) electrons. The number of nitrogens with one attached hydrogen (secondary N) is 2. The highest BCUT2D eigenvalue weighted by molar-refractivity contribution is 5.85. The first kappa shape index (κ1) is 17.1. The van der Waals surface area contributed by atoms with Gasteiger partial charge in [0, 0.05) is 28.6 Å². The van der Waals surface area contributed by atoms with Crippen LogP contribution in [0.5, 0.6) is 0 Å². The van der Waals surface area contributed by atoms with E-state index in [-0.39, 0.29) is 24.2 Å². The van der Waals surface area contributed by atoms with Gasteiger partial charge in [-0.1, -0.05) is 0 Å². The largest absolute Gasteiger partial charge is 0.273 e. The second-order valence-corrected chi connectivity index (χ2v) is 6.50. The second-order valence-electron chi connectivity index (χ2n) is 6.50. The number of carbonyl (C=O) groups excluding carboxylic acids is 2. The number of aryl methyl sites for hydroxylation is 3. The van der Waals surface area contributed by atoms with E-state index in [1.54, 1.807) is 4.68 Å². The van der Waals surface area contributed by atoms with E-state index in [0.717, 1.165) is 41.2 Å². The molecule has 1 aliphatic rings. The monoisotopic (exact) mass is 342 g/mol. The number of hydrazine groups is 1. The Bertz CT molecular complexity index is 818. The maximum atomic E-state index is 12.1. The Morgan fingerprint density at radius 3 is 2.36 bits per heavy atom. The van der Waals surface area contributed by atoms with Crippen LogP contribution in [-0.2, 0) is 16.0 Å². The predicted octanol–water partition coefficient (Wildman–Crippen LogP) is 0.996. The number of rotatable bonds is 4. The van der Waals surface area contributed by atoms with Crippen molar-refractivity contribution in [2.24, 2.45) is 5.92 Å². The van der Waals surface area contributed by atoms with E-state index in [1.165, 1.54) is 0 Å². The summed E-state index contributed by atoms with van der Waals surface area (Å²) in [6.07, 6.45) is 1.92. The van der Waals surface area contributed by atoms with Crippen LogP contribution in [0.25, 0.3) is 5.95 Å². The summed E-state index contributed by atoms with van der Waals surface area (Å²) in [6.45, 7) is 7.53. The highest BCUT2D eigenvalue weighted by Crippen LogP contribution is 2.28. The van der Waals surface area contributed by atoms with Gasteiger partial charge in [0.2, 0.25) is 11.8 Å². The van der Waals surface area contributed by atoms with Crippen LogP contribution < -0.4 is 10.9 Å². The van der Waals surface area contributed by atoms with Crippen LogP contribution in [0, 0.1) is 33.6 Å². The van der Waals surface area contributed by atoms with Crippen molar-refractivity contribution < 1.29 is 9.59 Å². The zero-order chi connectivity index (χ0) is 18.1. The number of aromatic nitrogens is 4. The van der Waals surface area contributed by atoms with Crippen molar-refractivity contribution >= 4 is 11.8 Å². The van der Waals surface area contributed by atoms with Gasteiger partial charge in [-0.2, -0.15) is 5.10 Å². The average Bonchev–Trinajstić information content (AvgIpc) is 3.34. The summed E-state index contributed by atoms with van der Waals surface area (Å²) in [5, 5.41) is 4.47. The average molecular weight is 342 g/mol. The molecule has 0 atom stereocenters. The lowest BCUT2D eigenvalue weighted by Gasteiger charge is -2.08. The molecule has 1 saturated carbocycles.